The minimum absolute atomic E-state index is 0.0846. The van der Waals surface area contributed by atoms with Crippen molar-refractivity contribution in [3.8, 4) is 0 Å². The van der Waals surface area contributed by atoms with Crippen LogP contribution in [0.5, 0.6) is 0 Å². The maximum Gasteiger partial charge on any atom is 0.141 e. The molecular formula is C15H14BrF2NO. The minimum atomic E-state index is -1.32. The van der Waals surface area contributed by atoms with Gasteiger partial charge in [-0.15, -0.1) is 0 Å². The largest absolute Gasteiger partial charge is 0.383 e. The Morgan fingerprint density at radius 1 is 1.25 bits per heavy atom. The highest BCUT2D eigenvalue weighted by Gasteiger charge is 2.30. The Labute approximate surface area is 124 Å². The van der Waals surface area contributed by atoms with Crippen molar-refractivity contribution >= 4 is 15.9 Å². The van der Waals surface area contributed by atoms with Crippen molar-refractivity contribution in [2.24, 2.45) is 0 Å². The lowest BCUT2D eigenvalue weighted by Gasteiger charge is -2.26. The summed E-state index contributed by atoms with van der Waals surface area (Å²) in [6, 6.07) is 7.34. The first-order valence-corrected chi connectivity index (χ1v) is 7.02. The molecule has 1 atom stereocenters. The number of halogens is 3. The van der Waals surface area contributed by atoms with Crippen molar-refractivity contribution in [1.29, 1.82) is 0 Å². The van der Waals surface area contributed by atoms with E-state index in [9.17, 15) is 13.9 Å². The van der Waals surface area contributed by atoms with Crippen LogP contribution >= 0.6 is 15.9 Å². The van der Waals surface area contributed by atoms with Crippen LogP contribution in [-0.2, 0) is 12.0 Å². The molecule has 2 aromatic rings. The second kappa shape index (κ2) is 5.97. The van der Waals surface area contributed by atoms with Gasteiger partial charge in [0, 0.05) is 10.9 Å². The van der Waals surface area contributed by atoms with Crippen molar-refractivity contribution in [3.63, 3.8) is 0 Å². The molecule has 0 saturated carbocycles. The Hall–Kier alpha value is -1.33. The number of rotatable bonds is 4. The fraction of sp³-hybridized carbons (Fsp3) is 0.267. The zero-order valence-electron chi connectivity index (χ0n) is 10.9. The lowest BCUT2D eigenvalue weighted by atomic mass is 9.88. The maximum absolute atomic E-state index is 13.9. The summed E-state index contributed by atoms with van der Waals surface area (Å²) in [5.41, 5.74) is -0.588. The second-order valence-corrected chi connectivity index (χ2v) is 5.57. The molecule has 0 aliphatic carbocycles. The molecule has 0 radical (unpaired) electrons. The molecular weight excluding hydrogens is 328 g/mol. The van der Waals surface area contributed by atoms with Crippen LogP contribution in [0.4, 0.5) is 8.78 Å². The topological polar surface area (TPSA) is 33.1 Å². The monoisotopic (exact) mass is 341 g/mol. The van der Waals surface area contributed by atoms with Gasteiger partial charge in [-0.3, -0.25) is 4.98 Å². The molecule has 1 N–H and O–H groups in total. The van der Waals surface area contributed by atoms with Crippen LogP contribution in [0.1, 0.15) is 24.6 Å². The van der Waals surface area contributed by atoms with Crippen LogP contribution in [0.15, 0.2) is 41.0 Å². The molecule has 2 rings (SSSR count). The first kappa shape index (κ1) is 15.1. The van der Waals surface area contributed by atoms with Crippen molar-refractivity contribution in [3.05, 3.63) is 63.9 Å². The van der Waals surface area contributed by atoms with E-state index in [1.54, 1.807) is 19.1 Å². The molecule has 0 fully saturated rings. The summed E-state index contributed by atoms with van der Waals surface area (Å²) >= 11 is 3.19. The lowest BCUT2D eigenvalue weighted by molar-refractivity contribution is 0.0274. The van der Waals surface area contributed by atoms with Crippen LogP contribution in [0.3, 0.4) is 0 Å². The number of pyridine rings is 1. The minimum Gasteiger partial charge on any atom is -0.383 e. The van der Waals surface area contributed by atoms with Gasteiger partial charge in [-0.2, -0.15) is 0 Å². The quantitative estimate of drug-likeness (QED) is 0.912. The van der Waals surface area contributed by atoms with Gasteiger partial charge in [0.25, 0.3) is 0 Å². The van der Waals surface area contributed by atoms with Crippen molar-refractivity contribution in [2.75, 3.05) is 0 Å². The Morgan fingerprint density at radius 3 is 2.55 bits per heavy atom. The number of aliphatic hydroxyl groups is 1. The van der Waals surface area contributed by atoms with Crippen LogP contribution in [0.25, 0.3) is 0 Å². The third kappa shape index (κ3) is 3.22. The predicted octanol–water partition coefficient (Wildman–Crippen LogP) is 3.96. The highest BCUT2D eigenvalue weighted by Crippen LogP contribution is 2.29. The van der Waals surface area contributed by atoms with Gasteiger partial charge in [0.1, 0.15) is 17.2 Å². The van der Waals surface area contributed by atoms with E-state index in [2.05, 4.69) is 20.9 Å². The van der Waals surface area contributed by atoms with Crippen LogP contribution in [-0.4, -0.2) is 10.1 Å². The molecule has 0 aliphatic rings. The Bertz CT molecular complexity index is 603. The summed E-state index contributed by atoms with van der Waals surface area (Å²) in [5.74, 6) is -0.865. The normalized spacial score (nSPS) is 14.1. The predicted molar refractivity (Wildman–Crippen MR) is 76.2 cm³/mol. The molecule has 0 saturated heterocycles. The van der Waals surface area contributed by atoms with Gasteiger partial charge in [-0.05, 0) is 36.2 Å². The Kier molecular flexibility index (Phi) is 4.50. The van der Waals surface area contributed by atoms with E-state index in [4.69, 9.17) is 0 Å². The molecule has 0 amide bonds. The van der Waals surface area contributed by atoms with E-state index in [-0.39, 0.29) is 6.42 Å². The smallest absolute Gasteiger partial charge is 0.141 e. The summed E-state index contributed by atoms with van der Waals surface area (Å²) in [6.45, 7) is 1.78. The zero-order chi connectivity index (χ0) is 14.8. The summed E-state index contributed by atoms with van der Waals surface area (Å²) in [4.78, 5) is 3.91. The van der Waals surface area contributed by atoms with Gasteiger partial charge in [0.15, 0.2) is 0 Å². The molecule has 106 valence electrons. The van der Waals surface area contributed by atoms with Gasteiger partial charge < -0.3 is 5.11 Å². The Balaban J connectivity index is 2.33. The number of benzene rings is 1. The van der Waals surface area contributed by atoms with E-state index in [0.29, 0.717) is 22.2 Å². The number of hydrogen-bond donors (Lipinski definition) is 1. The molecule has 5 heteroatoms. The fourth-order valence-corrected chi connectivity index (χ4v) is 2.36. The van der Waals surface area contributed by atoms with Crippen molar-refractivity contribution in [2.45, 2.75) is 25.4 Å². The molecule has 2 nitrogen and oxygen atoms in total. The van der Waals surface area contributed by atoms with E-state index in [0.717, 1.165) is 6.20 Å². The summed E-state index contributed by atoms with van der Waals surface area (Å²) < 4.78 is 27.4. The van der Waals surface area contributed by atoms with E-state index in [1.165, 1.54) is 18.2 Å². The first-order valence-electron chi connectivity index (χ1n) is 6.23. The average Bonchev–Trinajstić information content (AvgIpc) is 2.42. The molecule has 1 aromatic carbocycles. The number of aromatic nitrogens is 1. The number of hydrogen-bond acceptors (Lipinski definition) is 2. The van der Waals surface area contributed by atoms with Crippen LogP contribution in [0, 0.1) is 11.6 Å². The van der Waals surface area contributed by atoms with Gasteiger partial charge in [0.2, 0.25) is 0 Å². The lowest BCUT2D eigenvalue weighted by Crippen LogP contribution is -2.29. The molecule has 0 aliphatic heterocycles. The van der Waals surface area contributed by atoms with Crippen LogP contribution < -0.4 is 0 Å². The van der Waals surface area contributed by atoms with Crippen molar-refractivity contribution in [1.82, 2.24) is 4.98 Å². The molecule has 20 heavy (non-hydrogen) atoms. The first-order chi connectivity index (χ1) is 9.44. The van der Waals surface area contributed by atoms with Gasteiger partial charge in [0.05, 0.1) is 11.9 Å². The summed E-state index contributed by atoms with van der Waals surface area (Å²) in [5, 5.41) is 10.7. The molecule has 1 aromatic heterocycles. The highest BCUT2D eigenvalue weighted by atomic mass is 79.9. The second-order valence-electron chi connectivity index (χ2n) is 4.66. The van der Waals surface area contributed by atoms with E-state index < -0.39 is 17.2 Å². The van der Waals surface area contributed by atoms with Crippen molar-refractivity contribution < 1.29 is 13.9 Å². The maximum atomic E-state index is 13.9. The SMILES string of the molecule is CCC(O)(Cc1ccc(Br)cc1F)c1ccc(F)cn1. The third-order valence-electron chi connectivity index (χ3n) is 3.29. The molecule has 0 bridgehead atoms. The fourth-order valence-electron chi connectivity index (χ4n) is 2.03. The van der Waals surface area contributed by atoms with E-state index in [1.807, 2.05) is 0 Å². The van der Waals surface area contributed by atoms with Gasteiger partial charge in [-0.1, -0.05) is 28.9 Å². The van der Waals surface area contributed by atoms with Gasteiger partial charge in [-0.25, -0.2) is 8.78 Å². The van der Waals surface area contributed by atoms with Crippen LogP contribution in [0.2, 0.25) is 0 Å². The van der Waals surface area contributed by atoms with E-state index >= 15 is 0 Å². The molecule has 1 unspecified atom stereocenters. The number of nitrogens with zero attached hydrogens (tertiary/aromatic N) is 1. The summed E-state index contributed by atoms with van der Waals surface area (Å²) in [7, 11) is 0. The standard InChI is InChI=1S/C15H14BrF2NO/c1-2-15(20,14-6-5-12(17)9-19-14)8-10-3-4-11(16)7-13(10)18/h3-7,9,20H,2,8H2,1H3. The third-order valence-corrected chi connectivity index (χ3v) is 3.78. The Morgan fingerprint density at radius 2 is 2.00 bits per heavy atom. The average molecular weight is 342 g/mol. The molecule has 0 spiro atoms. The molecule has 1 heterocycles. The zero-order valence-corrected chi connectivity index (χ0v) is 12.5. The van der Waals surface area contributed by atoms with Gasteiger partial charge >= 0.3 is 0 Å². The highest BCUT2D eigenvalue weighted by molar-refractivity contribution is 9.10. The summed E-state index contributed by atoms with van der Waals surface area (Å²) in [6.07, 6.45) is 1.48.